The third kappa shape index (κ3) is 3.60. The third-order valence-corrected chi connectivity index (χ3v) is 5.26. The zero-order valence-corrected chi connectivity index (χ0v) is 13.4. The van der Waals surface area contributed by atoms with Crippen LogP contribution < -0.4 is 0 Å². The second-order valence-electron chi connectivity index (χ2n) is 4.85. The van der Waals surface area contributed by atoms with Gasteiger partial charge in [-0.15, -0.1) is 0 Å². The van der Waals surface area contributed by atoms with Crippen LogP contribution in [-0.4, -0.2) is 41.8 Å². The number of carbonyl (C=O) groups is 1. The van der Waals surface area contributed by atoms with E-state index in [4.69, 9.17) is 5.11 Å². The van der Waals surface area contributed by atoms with E-state index in [1.54, 1.807) is 13.8 Å². The molecule has 0 aliphatic rings. The molecule has 0 spiro atoms. The Balaban J connectivity index is 3.58. The van der Waals surface area contributed by atoms with Crippen LogP contribution in [0.15, 0.2) is 17.0 Å². The van der Waals surface area contributed by atoms with E-state index in [1.165, 1.54) is 13.0 Å². The Morgan fingerprint density at radius 1 is 1.36 bits per heavy atom. The molecule has 0 aromatic heterocycles. The molecule has 1 aromatic rings. The van der Waals surface area contributed by atoms with E-state index in [0.29, 0.717) is 12.0 Å². The summed E-state index contributed by atoms with van der Waals surface area (Å²) in [6.07, 6.45) is 0.394. The lowest BCUT2D eigenvalue weighted by Crippen LogP contribution is -2.37. The highest BCUT2D eigenvalue weighted by molar-refractivity contribution is 7.89. The summed E-state index contributed by atoms with van der Waals surface area (Å²) in [5, 5.41) is 20.0. The average Bonchev–Trinajstić information content (AvgIpc) is 2.40. The SMILES string of the molecule is CCCN(CC(=O)O)S(=O)(=O)c1c([N+](=O)[O-])ccc(C)c1C. The Bertz CT molecular complexity index is 699. The van der Waals surface area contributed by atoms with Crippen LogP contribution in [0.3, 0.4) is 0 Å². The number of carboxylic acids is 1. The van der Waals surface area contributed by atoms with Crippen LogP contribution in [0.4, 0.5) is 5.69 Å². The van der Waals surface area contributed by atoms with Gasteiger partial charge in [0.05, 0.1) is 4.92 Å². The summed E-state index contributed by atoms with van der Waals surface area (Å²) < 4.78 is 26.2. The maximum Gasteiger partial charge on any atom is 0.318 e. The molecule has 0 unspecified atom stereocenters. The van der Waals surface area contributed by atoms with Crippen LogP contribution in [0.2, 0.25) is 0 Å². The molecule has 0 saturated carbocycles. The highest BCUT2D eigenvalue weighted by Crippen LogP contribution is 2.31. The van der Waals surface area contributed by atoms with Crippen molar-refractivity contribution < 1.29 is 23.2 Å². The largest absolute Gasteiger partial charge is 0.480 e. The fourth-order valence-electron chi connectivity index (χ4n) is 2.06. The van der Waals surface area contributed by atoms with Gasteiger partial charge in [0.15, 0.2) is 4.90 Å². The fraction of sp³-hybridized carbons (Fsp3) is 0.462. The molecule has 0 aliphatic heterocycles. The Hall–Kier alpha value is -2.00. The molecule has 0 heterocycles. The van der Waals surface area contributed by atoms with Crippen molar-refractivity contribution in [2.45, 2.75) is 32.1 Å². The summed E-state index contributed by atoms with van der Waals surface area (Å²) >= 11 is 0. The van der Waals surface area contributed by atoms with Gasteiger partial charge in [-0.25, -0.2) is 8.42 Å². The first-order valence-electron chi connectivity index (χ1n) is 6.59. The van der Waals surface area contributed by atoms with Crippen molar-refractivity contribution in [3.8, 4) is 0 Å². The predicted octanol–water partition coefficient (Wildman–Crippen LogP) is 1.70. The van der Waals surface area contributed by atoms with Gasteiger partial charge in [0, 0.05) is 12.6 Å². The topological polar surface area (TPSA) is 118 Å². The number of benzene rings is 1. The van der Waals surface area contributed by atoms with E-state index in [1.807, 2.05) is 0 Å². The molecule has 0 radical (unpaired) electrons. The second kappa shape index (κ2) is 6.84. The van der Waals surface area contributed by atoms with Crippen molar-refractivity contribution in [2.75, 3.05) is 13.1 Å². The lowest BCUT2D eigenvalue weighted by atomic mass is 10.1. The second-order valence-corrected chi connectivity index (χ2v) is 6.72. The minimum atomic E-state index is -4.28. The molecule has 0 amide bonds. The lowest BCUT2D eigenvalue weighted by Gasteiger charge is -2.21. The fourth-order valence-corrected chi connectivity index (χ4v) is 3.98. The number of sulfonamides is 1. The molecule has 1 rings (SSSR count). The molecular formula is C13H18N2O6S. The minimum absolute atomic E-state index is 0.0286. The van der Waals surface area contributed by atoms with Gasteiger partial charge in [-0.05, 0) is 31.4 Å². The van der Waals surface area contributed by atoms with E-state index >= 15 is 0 Å². The normalized spacial score (nSPS) is 11.6. The van der Waals surface area contributed by atoms with Crippen LogP contribution in [-0.2, 0) is 14.8 Å². The van der Waals surface area contributed by atoms with Gasteiger partial charge in [-0.3, -0.25) is 14.9 Å². The first-order valence-corrected chi connectivity index (χ1v) is 8.03. The smallest absolute Gasteiger partial charge is 0.318 e. The number of hydrogen-bond acceptors (Lipinski definition) is 5. The number of nitro groups is 1. The zero-order valence-electron chi connectivity index (χ0n) is 12.6. The summed E-state index contributed by atoms with van der Waals surface area (Å²) in [5.41, 5.74) is 0.284. The van der Waals surface area contributed by atoms with Gasteiger partial charge in [0.1, 0.15) is 6.54 Å². The molecule has 1 aromatic carbocycles. The Morgan fingerprint density at radius 2 is 1.95 bits per heavy atom. The van der Waals surface area contributed by atoms with Gasteiger partial charge in [0.25, 0.3) is 15.7 Å². The minimum Gasteiger partial charge on any atom is -0.480 e. The molecular weight excluding hydrogens is 312 g/mol. The van der Waals surface area contributed by atoms with Crippen LogP contribution >= 0.6 is 0 Å². The number of hydrogen-bond donors (Lipinski definition) is 1. The van der Waals surface area contributed by atoms with Gasteiger partial charge in [0.2, 0.25) is 0 Å². The number of nitrogens with zero attached hydrogens (tertiary/aromatic N) is 2. The molecule has 0 bridgehead atoms. The summed E-state index contributed by atoms with van der Waals surface area (Å²) in [6.45, 7) is 4.04. The van der Waals surface area contributed by atoms with Crippen LogP contribution in [0.1, 0.15) is 24.5 Å². The van der Waals surface area contributed by atoms with Crippen LogP contribution in [0, 0.1) is 24.0 Å². The number of carboxylic acid groups (broad SMARTS) is 1. The van der Waals surface area contributed by atoms with Crippen LogP contribution in [0.25, 0.3) is 0 Å². The molecule has 122 valence electrons. The molecule has 1 N–H and O–H groups in total. The first-order chi connectivity index (χ1) is 10.1. The molecule has 0 aliphatic carbocycles. The monoisotopic (exact) mass is 330 g/mol. The van der Waals surface area contributed by atoms with E-state index in [9.17, 15) is 23.3 Å². The molecule has 0 fully saturated rings. The maximum absolute atomic E-state index is 12.7. The number of aryl methyl sites for hydroxylation is 1. The molecule has 9 heteroatoms. The van der Waals surface area contributed by atoms with Gasteiger partial charge >= 0.3 is 5.97 Å². The van der Waals surface area contributed by atoms with Crippen molar-refractivity contribution in [1.82, 2.24) is 4.31 Å². The Kier molecular flexibility index (Phi) is 5.61. The molecule has 0 atom stereocenters. The number of aliphatic carboxylic acids is 1. The number of nitro benzene ring substituents is 1. The highest BCUT2D eigenvalue weighted by Gasteiger charge is 2.34. The Labute approximate surface area is 128 Å². The van der Waals surface area contributed by atoms with Crippen molar-refractivity contribution in [1.29, 1.82) is 0 Å². The van der Waals surface area contributed by atoms with Crippen LogP contribution in [0.5, 0.6) is 0 Å². The average molecular weight is 330 g/mol. The molecule has 0 saturated heterocycles. The quantitative estimate of drug-likeness (QED) is 0.600. The van der Waals surface area contributed by atoms with Crippen molar-refractivity contribution in [2.24, 2.45) is 0 Å². The maximum atomic E-state index is 12.7. The van der Waals surface area contributed by atoms with Gasteiger partial charge in [-0.1, -0.05) is 13.0 Å². The molecule has 8 nitrogen and oxygen atoms in total. The summed E-state index contributed by atoms with van der Waals surface area (Å²) in [5.74, 6) is -1.31. The highest BCUT2D eigenvalue weighted by atomic mass is 32.2. The zero-order chi connectivity index (χ0) is 17.1. The van der Waals surface area contributed by atoms with Crippen molar-refractivity contribution in [3.63, 3.8) is 0 Å². The van der Waals surface area contributed by atoms with E-state index in [0.717, 1.165) is 10.4 Å². The standard InChI is InChI=1S/C13H18N2O6S/c1-4-7-14(8-12(16)17)22(20,21)13-10(3)9(2)5-6-11(13)15(18)19/h5-6H,4,7-8H2,1-3H3,(H,16,17). The Morgan fingerprint density at radius 3 is 2.41 bits per heavy atom. The van der Waals surface area contributed by atoms with E-state index < -0.39 is 38.0 Å². The van der Waals surface area contributed by atoms with E-state index in [-0.39, 0.29) is 12.1 Å². The van der Waals surface area contributed by atoms with Gasteiger partial charge in [-0.2, -0.15) is 4.31 Å². The summed E-state index contributed by atoms with van der Waals surface area (Å²) in [6, 6.07) is 2.59. The predicted molar refractivity (Wildman–Crippen MR) is 79.3 cm³/mol. The van der Waals surface area contributed by atoms with Gasteiger partial charge < -0.3 is 5.11 Å². The number of rotatable bonds is 7. The summed E-state index contributed by atoms with van der Waals surface area (Å²) in [7, 11) is -4.28. The third-order valence-electron chi connectivity index (χ3n) is 3.24. The van der Waals surface area contributed by atoms with E-state index in [2.05, 4.69) is 0 Å². The van der Waals surface area contributed by atoms with Crippen molar-refractivity contribution in [3.05, 3.63) is 33.4 Å². The molecule has 22 heavy (non-hydrogen) atoms. The first kappa shape index (κ1) is 18.1. The van der Waals surface area contributed by atoms with Crippen molar-refractivity contribution >= 4 is 21.7 Å². The lowest BCUT2D eigenvalue weighted by molar-refractivity contribution is -0.388. The summed E-state index contributed by atoms with van der Waals surface area (Å²) in [4.78, 5) is 20.8.